The van der Waals surface area contributed by atoms with Crippen LogP contribution in [0, 0.1) is 13.8 Å². The van der Waals surface area contributed by atoms with Crippen molar-refractivity contribution in [2.24, 2.45) is 0 Å². The molecule has 2 rings (SSSR count). The summed E-state index contributed by atoms with van der Waals surface area (Å²) in [5.41, 5.74) is 3.57. The molecule has 0 atom stereocenters. The Morgan fingerprint density at radius 3 is 2.56 bits per heavy atom. The van der Waals surface area contributed by atoms with Crippen molar-refractivity contribution < 1.29 is 0 Å². The van der Waals surface area contributed by atoms with Crippen LogP contribution in [0.4, 0.5) is 11.6 Å². The van der Waals surface area contributed by atoms with Gasteiger partial charge in [-0.2, -0.15) is 0 Å². The summed E-state index contributed by atoms with van der Waals surface area (Å²) >= 11 is 3.52. The Labute approximate surface area is 116 Å². The van der Waals surface area contributed by atoms with Gasteiger partial charge in [0.2, 0.25) is 5.95 Å². The molecule has 0 saturated heterocycles. The Morgan fingerprint density at radius 2 is 1.94 bits per heavy atom. The summed E-state index contributed by atoms with van der Waals surface area (Å²) in [5, 5.41) is 3.43. The molecule has 1 aromatic heterocycles. The fourth-order valence-corrected chi connectivity index (χ4v) is 2.76. The molecule has 96 valence electrons. The number of hydrogen-bond donors (Lipinski definition) is 1. The van der Waals surface area contributed by atoms with E-state index in [4.69, 9.17) is 0 Å². The van der Waals surface area contributed by atoms with Crippen molar-refractivity contribution in [1.29, 1.82) is 0 Å². The lowest BCUT2D eigenvalue weighted by atomic mass is 10.1. The van der Waals surface area contributed by atoms with Crippen molar-refractivity contribution in [2.45, 2.75) is 33.7 Å². The number of aromatic nitrogens is 2. The Bertz CT molecular complexity index is 523. The van der Waals surface area contributed by atoms with E-state index in [2.05, 4.69) is 63.7 Å². The van der Waals surface area contributed by atoms with E-state index < -0.39 is 0 Å². The third-order valence-corrected chi connectivity index (χ3v) is 3.37. The third-order valence-electron chi connectivity index (χ3n) is 2.91. The summed E-state index contributed by atoms with van der Waals surface area (Å²) in [7, 11) is 0. The van der Waals surface area contributed by atoms with Crippen LogP contribution in [0.2, 0.25) is 0 Å². The van der Waals surface area contributed by atoms with Gasteiger partial charge in [0, 0.05) is 29.1 Å². The van der Waals surface area contributed by atoms with E-state index >= 15 is 0 Å². The largest absolute Gasteiger partial charge is 0.325 e. The average Bonchev–Trinajstić information content (AvgIpc) is 2.71. The van der Waals surface area contributed by atoms with Crippen molar-refractivity contribution >= 4 is 27.6 Å². The van der Waals surface area contributed by atoms with Crippen molar-refractivity contribution in [3.05, 3.63) is 40.1 Å². The van der Waals surface area contributed by atoms with E-state index in [9.17, 15) is 0 Å². The van der Waals surface area contributed by atoms with Crippen LogP contribution >= 0.6 is 15.9 Å². The van der Waals surface area contributed by atoms with E-state index in [0.29, 0.717) is 0 Å². The quantitative estimate of drug-likeness (QED) is 0.906. The van der Waals surface area contributed by atoms with Gasteiger partial charge in [-0.3, -0.25) is 0 Å². The fraction of sp³-hybridized carbons (Fsp3) is 0.357. The molecule has 3 nitrogen and oxygen atoms in total. The highest BCUT2D eigenvalue weighted by atomic mass is 79.9. The van der Waals surface area contributed by atoms with Crippen LogP contribution in [0.1, 0.15) is 24.5 Å². The van der Waals surface area contributed by atoms with Crippen LogP contribution in [-0.4, -0.2) is 9.55 Å². The molecule has 0 spiro atoms. The van der Waals surface area contributed by atoms with Gasteiger partial charge >= 0.3 is 0 Å². The summed E-state index contributed by atoms with van der Waals surface area (Å²) in [6, 6.07) is 4.23. The van der Waals surface area contributed by atoms with Gasteiger partial charge in [-0.05, 0) is 43.5 Å². The summed E-state index contributed by atoms with van der Waals surface area (Å²) in [4.78, 5) is 4.37. The average molecular weight is 308 g/mol. The first kappa shape index (κ1) is 13.1. The molecule has 0 saturated carbocycles. The summed E-state index contributed by atoms with van der Waals surface area (Å²) in [6.07, 6.45) is 4.94. The second-order valence-corrected chi connectivity index (χ2v) is 5.40. The van der Waals surface area contributed by atoms with Gasteiger partial charge in [0.25, 0.3) is 0 Å². The fourth-order valence-electron chi connectivity index (χ4n) is 2.07. The lowest BCUT2D eigenvalue weighted by Gasteiger charge is -2.14. The highest BCUT2D eigenvalue weighted by Gasteiger charge is 2.08. The molecule has 0 radical (unpaired) electrons. The van der Waals surface area contributed by atoms with E-state index in [0.717, 1.165) is 29.1 Å². The molecule has 0 bridgehead atoms. The molecular formula is C14H18BrN3. The van der Waals surface area contributed by atoms with E-state index in [-0.39, 0.29) is 0 Å². The van der Waals surface area contributed by atoms with Crippen molar-refractivity contribution in [3.63, 3.8) is 0 Å². The van der Waals surface area contributed by atoms with E-state index in [1.54, 1.807) is 0 Å². The smallest absolute Gasteiger partial charge is 0.207 e. The standard InChI is InChI=1S/C14H18BrN3/c1-4-6-18-7-5-16-14(18)17-13-10(2)8-12(15)9-11(13)3/h5,7-9H,4,6H2,1-3H3,(H,16,17). The molecule has 0 aliphatic heterocycles. The molecule has 1 heterocycles. The van der Waals surface area contributed by atoms with Gasteiger partial charge < -0.3 is 9.88 Å². The molecule has 0 aliphatic carbocycles. The van der Waals surface area contributed by atoms with Crippen molar-refractivity contribution in [1.82, 2.24) is 9.55 Å². The molecule has 2 aromatic rings. The monoisotopic (exact) mass is 307 g/mol. The summed E-state index contributed by atoms with van der Waals surface area (Å²) < 4.78 is 3.25. The van der Waals surface area contributed by atoms with Crippen molar-refractivity contribution in [2.75, 3.05) is 5.32 Å². The summed E-state index contributed by atoms with van der Waals surface area (Å²) in [5.74, 6) is 0.908. The topological polar surface area (TPSA) is 29.9 Å². The maximum absolute atomic E-state index is 4.37. The van der Waals surface area contributed by atoms with Crippen LogP contribution in [0.3, 0.4) is 0 Å². The van der Waals surface area contributed by atoms with Gasteiger partial charge in [0.15, 0.2) is 0 Å². The molecule has 0 aliphatic rings. The highest BCUT2D eigenvalue weighted by molar-refractivity contribution is 9.10. The molecule has 0 amide bonds. The lowest BCUT2D eigenvalue weighted by molar-refractivity contribution is 0.686. The van der Waals surface area contributed by atoms with Gasteiger partial charge in [0.1, 0.15) is 0 Å². The SMILES string of the molecule is CCCn1ccnc1Nc1c(C)cc(Br)cc1C. The number of imidazole rings is 1. The number of halogens is 1. The Balaban J connectivity index is 2.31. The minimum absolute atomic E-state index is 0.908. The zero-order chi connectivity index (χ0) is 13.1. The molecular weight excluding hydrogens is 290 g/mol. The molecule has 18 heavy (non-hydrogen) atoms. The maximum Gasteiger partial charge on any atom is 0.207 e. The predicted octanol–water partition coefficient (Wildman–Crippen LogP) is 4.42. The zero-order valence-electron chi connectivity index (χ0n) is 11.0. The molecule has 4 heteroatoms. The van der Waals surface area contributed by atoms with Gasteiger partial charge in [-0.1, -0.05) is 22.9 Å². The number of rotatable bonds is 4. The van der Waals surface area contributed by atoms with Gasteiger partial charge in [0.05, 0.1) is 0 Å². The Hall–Kier alpha value is -1.29. The van der Waals surface area contributed by atoms with E-state index in [1.807, 2.05) is 12.4 Å². The molecule has 1 N–H and O–H groups in total. The van der Waals surface area contributed by atoms with E-state index in [1.165, 1.54) is 11.1 Å². The normalized spacial score (nSPS) is 10.7. The zero-order valence-corrected chi connectivity index (χ0v) is 12.6. The summed E-state index contributed by atoms with van der Waals surface area (Å²) in [6.45, 7) is 7.36. The number of hydrogen-bond acceptors (Lipinski definition) is 2. The Kier molecular flexibility index (Phi) is 4.07. The molecule has 0 fully saturated rings. The molecule has 0 unspecified atom stereocenters. The highest BCUT2D eigenvalue weighted by Crippen LogP contribution is 2.27. The maximum atomic E-state index is 4.37. The van der Waals surface area contributed by atoms with Crippen LogP contribution in [0.25, 0.3) is 0 Å². The van der Waals surface area contributed by atoms with Crippen LogP contribution in [0.15, 0.2) is 29.0 Å². The first-order valence-corrected chi connectivity index (χ1v) is 6.96. The minimum atomic E-state index is 0.908. The van der Waals surface area contributed by atoms with Crippen LogP contribution in [-0.2, 0) is 6.54 Å². The Morgan fingerprint density at radius 1 is 1.28 bits per heavy atom. The number of nitrogens with zero attached hydrogens (tertiary/aromatic N) is 2. The number of nitrogens with one attached hydrogen (secondary N) is 1. The van der Waals surface area contributed by atoms with Crippen molar-refractivity contribution in [3.8, 4) is 0 Å². The number of aryl methyl sites for hydroxylation is 3. The lowest BCUT2D eigenvalue weighted by Crippen LogP contribution is -2.05. The van der Waals surface area contributed by atoms with Gasteiger partial charge in [-0.25, -0.2) is 4.98 Å². The second-order valence-electron chi connectivity index (χ2n) is 4.48. The first-order valence-electron chi connectivity index (χ1n) is 6.16. The minimum Gasteiger partial charge on any atom is -0.325 e. The number of anilines is 2. The predicted molar refractivity (Wildman–Crippen MR) is 79.4 cm³/mol. The third kappa shape index (κ3) is 2.75. The van der Waals surface area contributed by atoms with Crippen LogP contribution in [0.5, 0.6) is 0 Å². The van der Waals surface area contributed by atoms with Crippen LogP contribution < -0.4 is 5.32 Å². The number of benzene rings is 1. The molecule has 1 aromatic carbocycles. The van der Waals surface area contributed by atoms with Gasteiger partial charge in [-0.15, -0.1) is 0 Å². The first-order chi connectivity index (χ1) is 8.61. The second kappa shape index (κ2) is 5.57.